The second-order valence-electron chi connectivity index (χ2n) is 7.18. The maximum atomic E-state index is 13.2. The predicted molar refractivity (Wildman–Crippen MR) is 127 cm³/mol. The molecule has 0 aliphatic carbocycles. The molecule has 0 aliphatic heterocycles. The third-order valence-electron chi connectivity index (χ3n) is 5.01. The summed E-state index contributed by atoms with van der Waals surface area (Å²) in [6.45, 7) is 1.88. The summed E-state index contributed by atoms with van der Waals surface area (Å²) in [6.07, 6.45) is 0. The molecule has 0 saturated carbocycles. The molecule has 0 radical (unpaired) electrons. The van der Waals surface area contributed by atoms with Gasteiger partial charge in [-0.1, -0.05) is 45.8 Å². The van der Waals surface area contributed by atoms with Crippen LogP contribution in [-0.2, 0) is 10.0 Å². The summed E-state index contributed by atoms with van der Waals surface area (Å²) in [4.78, 5) is 12.5. The van der Waals surface area contributed by atoms with E-state index in [1.807, 2.05) is 6.92 Å². The quantitative estimate of drug-likeness (QED) is 0.329. The highest BCUT2D eigenvalue weighted by molar-refractivity contribution is 9.10. The molecule has 2 atom stereocenters. The van der Waals surface area contributed by atoms with Gasteiger partial charge in [-0.05, 0) is 61.0 Å². The Labute approximate surface area is 196 Å². The van der Waals surface area contributed by atoms with E-state index in [0.29, 0.717) is 22.6 Å². The minimum Gasteiger partial charge on any atom is -0.497 e. The van der Waals surface area contributed by atoms with Crippen molar-refractivity contribution in [1.82, 2.24) is 4.72 Å². The van der Waals surface area contributed by atoms with Crippen LogP contribution in [0.4, 0.5) is 0 Å². The number of alkyl halides is 1. The number of ether oxygens (including phenoxy) is 2. The summed E-state index contributed by atoms with van der Waals surface area (Å²) in [6, 6.07) is 19.3. The zero-order valence-corrected chi connectivity index (χ0v) is 20.3. The Hall–Kier alpha value is -2.68. The number of sulfonamides is 1. The van der Waals surface area contributed by atoms with Crippen LogP contribution in [0.25, 0.3) is 0 Å². The topological polar surface area (TPSA) is 81.7 Å². The van der Waals surface area contributed by atoms with E-state index >= 15 is 0 Å². The fourth-order valence-electron chi connectivity index (χ4n) is 3.13. The first kappa shape index (κ1) is 24.0. The largest absolute Gasteiger partial charge is 0.497 e. The fourth-order valence-corrected chi connectivity index (χ4v) is 5.24. The van der Waals surface area contributed by atoms with Gasteiger partial charge in [0.05, 0.1) is 30.0 Å². The molecule has 0 fully saturated rings. The summed E-state index contributed by atoms with van der Waals surface area (Å²) < 4.78 is 39.3. The van der Waals surface area contributed by atoms with Crippen molar-refractivity contribution in [2.24, 2.45) is 0 Å². The van der Waals surface area contributed by atoms with E-state index in [1.54, 1.807) is 74.9 Å². The van der Waals surface area contributed by atoms with E-state index in [1.165, 1.54) is 12.1 Å². The average Bonchev–Trinajstić information content (AvgIpc) is 2.82. The van der Waals surface area contributed by atoms with Gasteiger partial charge in [0.15, 0.2) is 5.78 Å². The van der Waals surface area contributed by atoms with Gasteiger partial charge < -0.3 is 9.47 Å². The Kier molecular flexibility index (Phi) is 7.71. The van der Waals surface area contributed by atoms with Gasteiger partial charge in [0.25, 0.3) is 0 Å². The van der Waals surface area contributed by atoms with Gasteiger partial charge in [0.1, 0.15) is 11.5 Å². The second kappa shape index (κ2) is 10.3. The van der Waals surface area contributed by atoms with E-state index in [0.717, 1.165) is 5.56 Å². The number of aryl methyl sites for hydroxylation is 1. The summed E-state index contributed by atoms with van der Waals surface area (Å²) >= 11 is 3.45. The third kappa shape index (κ3) is 5.56. The molecule has 3 aromatic rings. The lowest BCUT2D eigenvalue weighted by Crippen LogP contribution is -2.37. The minimum absolute atomic E-state index is 0.123. The molecule has 0 amide bonds. The standard InChI is InChI=1S/C24H24BrNO5S/c1-16-4-14-21(15-5-16)32(28,29)26-23(17-6-10-19(30-2)11-7-17)22(25)24(27)18-8-12-20(31-3)13-9-18/h4-15,22-23,26H,1-3H3/t22-,23-/m1/s1. The Balaban J connectivity index is 1.97. The van der Waals surface area contributed by atoms with Crippen molar-refractivity contribution in [3.63, 3.8) is 0 Å². The Morgan fingerprint density at radius 1 is 0.844 bits per heavy atom. The van der Waals surface area contributed by atoms with Crippen molar-refractivity contribution in [3.8, 4) is 11.5 Å². The molecule has 0 saturated heterocycles. The van der Waals surface area contributed by atoms with Crippen LogP contribution in [0.3, 0.4) is 0 Å². The molecule has 6 nitrogen and oxygen atoms in total. The van der Waals surface area contributed by atoms with E-state index in [-0.39, 0.29) is 10.7 Å². The Bertz CT molecular complexity index is 1160. The minimum atomic E-state index is -3.89. The van der Waals surface area contributed by atoms with Crippen molar-refractivity contribution in [2.75, 3.05) is 14.2 Å². The molecule has 0 aliphatic rings. The molecular weight excluding hydrogens is 494 g/mol. The number of benzene rings is 3. The molecule has 168 valence electrons. The average molecular weight is 518 g/mol. The second-order valence-corrected chi connectivity index (χ2v) is 9.88. The molecule has 0 spiro atoms. The van der Waals surface area contributed by atoms with E-state index in [2.05, 4.69) is 20.7 Å². The van der Waals surface area contributed by atoms with Crippen molar-refractivity contribution in [1.29, 1.82) is 0 Å². The van der Waals surface area contributed by atoms with Crippen LogP contribution in [0.5, 0.6) is 11.5 Å². The van der Waals surface area contributed by atoms with Crippen molar-refractivity contribution in [2.45, 2.75) is 22.7 Å². The summed E-state index contributed by atoms with van der Waals surface area (Å²) in [5, 5.41) is 0. The monoisotopic (exact) mass is 517 g/mol. The zero-order valence-electron chi connectivity index (χ0n) is 17.9. The van der Waals surface area contributed by atoms with Gasteiger partial charge in [-0.15, -0.1) is 0 Å². The van der Waals surface area contributed by atoms with Crippen LogP contribution in [0.1, 0.15) is 27.5 Å². The highest BCUT2D eigenvalue weighted by Crippen LogP contribution is 2.30. The van der Waals surface area contributed by atoms with E-state index < -0.39 is 20.9 Å². The number of Topliss-reactive ketones (excluding diaryl/α,β-unsaturated/α-hetero) is 1. The molecule has 32 heavy (non-hydrogen) atoms. The van der Waals surface area contributed by atoms with Crippen molar-refractivity contribution in [3.05, 3.63) is 89.5 Å². The number of hydrogen-bond donors (Lipinski definition) is 1. The number of halogens is 1. The van der Waals surface area contributed by atoms with Gasteiger partial charge in [-0.25, -0.2) is 13.1 Å². The van der Waals surface area contributed by atoms with Crippen molar-refractivity contribution >= 4 is 31.7 Å². The van der Waals surface area contributed by atoms with E-state index in [9.17, 15) is 13.2 Å². The molecule has 8 heteroatoms. The van der Waals surface area contributed by atoms with Crippen LogP contribution in [0, 0.1) is 6.92 Å². The lowest BCUT2D eigenvalue weighted by atomic mass is 9.98. The van der Waals surface area contributed by atoms with Gasteiger partial charge in [0, 0.05) is 5.56 Å². The van der Waals surface area contributed by atoms with Crippen LogP contribution in [0.2, 0.25) is 0 Å². The number of hydrogen-bond acceptors (Lipinski definition) is 5. The first-order valence-corrected chi connectivity index (χ1v) is 12.2. The van der Waals surface area contributed by atoms with Gasteiger partial charge >= 0.3 is 0 Å². The summed E-state index contributed by atoms with van der Waals surface area (Å²) in [7, 11) is -0.801. The number of methoxy groups -OCH3 is 2. The lowest BCUT2D eigenvalue weighted by Gasteiger charge is -2.24. The normalized spacial score (nSPS) is 13.2. The first-order chi connectivity index (χ1) is 15.2. The number of carbonyl (C=O) groups is 1. The van der Waals surface area contributed by atoms with Gasteiger partial charge in [-0.2, -0.15) is 0 Å². The summed E-state index contributed by atoms with van der Waals surface area (Å²) in [5.41, 5.74) is 2.00. The molecule has 0 unspecified atom stereocenters. The Morgan fingerprint density at radius 3 is 1.84 bits per heavy atom. The number of carbonyl (C=O) groups excluding carboxylic acids is 1. The highest BCUT2D eigenvalue weighted by Gasteiger charge is 2.32. The van der Waals surface area contributed by atoms with Crippen LogP contribution in [0.15, 0.2) is 77.7 Å². The first-order valence-electron chi connectivity index (χ1n) is 9.80. The molecule has 3 aromatic carbocycles. The molecule has 1 N–H and O–H groups in total. The van der Waals surface area contributed by atoms with Crippen LogP contribution in [-0.4, -0.2) is 33.2 Å². The van der Waals surface area contributed by atoms with Gasteiger partial charge in [-0.3, -0.25) is 4.79 Å². The smallest absolute Gasteiger partial charge is 0.241 e. The van der Waals surface area contributed by atoms with E-state index in [4.69, 9.17) is 9.47 Å². The summed E-state index contributed by atoms with van der Waals surface area (Å²) in [5.74, 6) is 0.987. The third-order valence-corrected chi connectivity index (χ3v) is 7.41. The number of nitrogens with one attached hydrogen (secondary N) is 1. The lowest BCUT2D eigenvalue weighted by molar-refractivity contribution is 0.0982. The Morgan fingerprint density at radius 2 is 1.34 bits per heavy atom. The van der Waals surface area contributed by atoms with Crippen LogP contribution < -0.4 is 14.2 Å². The molecule has 0 aromatic heterocycles. The zero-order chi connectivity index (χ0) is 23.3. The highest BCUT2D eigenvalue weighted by atomic mass is 79.9. The SMILES string of the molecule is COc1ccc(C(=O)[C@H](Br)[C@H](NS(=O)(=O)c2ccc(C)cc2)c2ccc(OC)cc2)cc1. The maximum absolute atomic E-state index is 13.2. The predicted octanol–water partition coefficient (Wildman–Crippen LogP) is 4.68. The molecule has 0 bridgehead atoms. The molecular formula is C24H24BrNO5S. The molecule has 3 rings (SSSR count). The van der Waals surface area contributed by atoms with Crippen molar-refractivity contribution < 1.29 is 22.7 Å². The maximum Gasteiger partial charge on any atom is 0.241 e. The van der Waals surface area contributed by atoms with Crippen LogP contribution >= 0.6 is 15.9 Å². The molecule has 0 heterocycles. The number of ketones is 1. The number of rotatable bonds is 9. The fraction of sp³-hybridized carbons (Fsp3) is 0.208. The van der Waals surface area contributed by atoms with Gasteiger partial charge in [0.2, 0.25) is 10.0 Å².